The van der Waals surface area contributed by atoms with E-state index in [1.807, 2.05) is 20.8 Å². The van der Waals surface area contributed by atoms with Gasteiger partial charge in [-0.1, -0.05) is 40.0 Å². The van der Waals surface area contributed by atoms with Crippen LogP contribution < -0.4 is 0 Å². The molecule has 0 unspecified atom stereocenters. The molecule has 6 nitrogen and oxygen atoms in total. The van der Waals surface area contributed by atoms with E-state index in [0.29, 0.717) is 0 Å². The van der Waals surface area contributed by atoms with Gasteiger partial charge in [-0.25, -0.2) is 0 Å². The Morgan fingerprint density at radius 1 is 0.652 bits per heavy atom. The average molecular weight is 344 g/mol. The fraction of sp³-hybridized carbons (Fsp3) is 0.812. The molecule has 0 aromatic carbocycles. The summed E-state index contributed by atoms with van der Waals surface area (Å²) in [6, 6.07) is 0. The zero-order chi connectivity index (χ0) is 17.7. The van der Waals surface area contributed by atoms with Gasteiger partial charge in [0.1, 0.15) is 0 Å². The zero-order valence-corrected chi connectivity index (χ0v) is 16.8. The van der Waals surface area contributed by atoms with Crippen molar-refractivity contribution in [2.75, 3.05) is 0 Å². The molecule has 7 heteroatoms. The van der Waals surface area contributed by atoms with Gasteiger partial charge in [-0.05, 0) is 40.0 Å². The smallest absolute Gasteiger partial charge is 0.373 e. The summed E-state index contributed by atoms with van der Waals surface area (Å²) < 4.78 is 16.7. The maximum absolute atomic E-state index is 5.57. The van der Waals surface area contributed by atoms with Crippen LogP contribution in [0.3, 0.4) is 0 Å². The monoisotopic (exact) mass is 343 g/mol. The van der Waals surface area contributed by atoms with Crippen molar-refractivity contribution in [3.63, 3.8) is 0 Å². The second-order valence-corrected chi connectivity index (χ2v) is 8.14. The molecule has 0 rings (SSSR count). The molecular formula is C16H33N3O3Si. The van der Waals surface area contributed by atoms with E-state index in [1.54, 1.807) is 6.55 Å². The first-order valence-electron chi connectivity index (χ1n) is 8.51. The van der Waals surface area contributed by atoms with Crippen molar-refractivity contribution in [1.82, 2.24) is 0 Å². The first kappa shape index (κ1) is 21.6. The molecule has 0 saturated heterocycles. The number of rotatable bonds is 12. The van der Waals surface area contributed by atoms with Crippen LogP contribution in [-0.4, -0.2) is 25.9 Å². The molecule has 0 radical (unpaired) electrons. The Morgan fingerprint density at radius 2 is 0.913 bits per heavy atom. The lowest BCUT2D eigenvalue weighted by molar-refractivity contribution is 0.0722. The highest BCUT2D eigenvalue weighted by atomic mass is 28.4. The first-order chi connectivity index (χ1) is 10.9. The van der Waals surface area contributed by atoms with Crippen LogP contribution in [0.1, 0.15) is 80.1 Å². The summed E-state index contributed by atoms with van der Waals surface area (Å²) in [7, 11) is -3.09. The number of hydrogen-bond acceptors (Lipinski definition) is 6. The Labute approximate surface area is 142 Å². The number of hydrogen-bond donors (Lipinski definition) is 0. The highest BCUT2D eigenvalue weighted by Crippen LogP contribution is 2.13. The minimum atomic E-state index is -3.09. The Bertz CT molecular complexity index is 363. The van der Waals surface area contributed by atoms with Crippen LogP contribution in [0, 0.1) is 0 Å². The summed E-state index contributed by atoms with van der Waals surface area (Å²) in [4.78, 5) is 0. The Balaban J connectivity index is 4.98. The maximum Gasteiger partial charge on any atom is 0.759 e. The minimum Gasteiger partial charge on any atom is -0.373 e. The lowest BCUT2D eigenvalue weighted by Crippen LogP contribution is -2.38. The molecule has 134 valence electrons. The van der Waals surface area contributed by atoms with Gasteiger partial charge < -0.3 is 13.6 Å². The van der Waals surface area contributed by atoms with E-state index in [4.69, 9.17) is 13.6 Å². The molecule has 0 aromatic rings. The quantitative estimate of drug-likeness (QED) is 0.280. The average Bonchev–Trinajstić information content (AvgIpc) is 2.50. The number of oxime groups is 3. The van der Waals surface area contributed by atoms with Crippen LogP contribution in [0.15, 0.2) is 15.5 Å². The Hall–Kier alpha value is -1.37. The van der Waals surface area contributed by atoms with Gasteiger partial charge in [-0.15, -0.1) is 15.5 Å². The van der Waals surface area contributed by atoms with Gasteiger partial charge in [-0.3, -0.25) is 0 Å². The molecular weight excluding hydrogens is 310 g/mol. The maximum atomic E-state index is 5.57. The second-order valence-electron chi connectivity index (χ2n) is 5.87. The summed E-state index contributed by atoms with van der Waals surface area (Å²) in [6.07, 6.45) is 5.67. The van der Waals surface area contributed by atoms with E-state index in [-0.39, 0.29) is 0 Å². The van der Waals surface area contributed by atoms with Crippen LogP contribution >= 0.6 is 0 Å². The summed E-state index contributed by atoms with van der Waals surface area (Å²) >= 11 is 0. The van der Waals surface area contributed by atoms with Crippen LogP contribution in [0.4, 0.5) is 0 Å². The van der Waals surface area contributed by atoms with Crippen molar-refractivity contribution >= 4 is 25.9 Å². The first-order valence-corrected chi connectivity index (χ1v) is 10.7. The molecule has 0 aliphatic rings. The highest BCUT2D eigenvalue weighted by Gasteiger charge is 2.45. The topological polar surface area (TPSA) is 64.8 Å². The zero-order valence-electron chi connectivity index (χ0n) is 15.8. The normalized spacial score (nSPS) is 16.0. The fourth-order valence-electron chi connectivity index (χ4n) is 1.75. The van der Waals surface area contributed by atoms with Crippen molar-refractivity contribution in [2.24, 2.45) is 15.5 Å². The molecule has 0 aliphatic heterocycles. The summed E-state index contributed by atoms with van der Waals surface area (Å²) in [6.45, 7) is 13.8. The van der Waals surface area contributed by atoms with Crippen LogP contribution in [0.25, 0.3) is 0 Å². The van der Waals surface area contributed by atoms with Gasteiger partial charge in [0.05, 0.1) is 17.1 Å². The lowest BCUT2D eigenvalue weighted by atomic mass is 10.2. The molecule has 0 aromatic heterocycles. The Kier molecular flexibility index (Phi) is 11.4. The van der Waals surface area contributed by atoms with E-state index in [0.717, 1.165) is 55.7 Å². The Morgan fingerprint density at radius 3 is 1.13 bits per heavy atom. The van der Waals surface area contributed by atoms with Crippen LogP contribution in [-0.2, 0) is 13.6 Å². The third-order valence-corrected chi connectivity index (χ3v) is 4.21. The molecule has 0 aliphatic carbocycles. The molecule has 0 saturated carbocycles. The van der Waals surface area contributed by atoms with Gasteiger partial charge in [0.25, 0.3) is 0 Å². The van der Waals surface area contributed by atoms with Crippen molar-refractivity contribution in [3.05, 3.63) is 0 Å². The van der Waals surface area contributed by atoms with Gasteiger partial charge in [-0.2, -0.15) is 0 Å². The minimum absolute atomic E-state index is 0.876. The SMILES string of the molecule is CCCC(C)=NO[Si](C)(ON=C(C)CCC)ON=C(C)CCC. The van der Waals surface area contributed by atoms with Gasteiger partial charge >= 0.3 is 8.80 Å². The van der Waals surface area contributed by atoms with Gasteiger partial charge in [0.15, 0.2) is 0 Å². The van der Waals surface area contributed by atoms with E-state index >= 15 is 0 Å². The van der Waals surface area contributed by atoms with Crippen molar-refractivity contribution < 1.29 is 13.6 Å². The lowest BCUT2D eigenvalue weighted by Gasteiger charge is -2.18. The predicted octanol–water partition coefficient (Wildman–Crippen LogP) is 5.13. The molecule has 0 spiro atoms. The van der Waals surface area contributed by atoms with E-state index in [9.17, 15) is 0 Å². The summed E-state index contributed by atoms with van der Waals surface area (Å²) in [5, 5.41) is 12.4. The van der Waals surface area contributed by atoms with Crippen molar-refractivity contribution in [2.45, 2.75) is 86.6 Å². The molecule has 0 fully saturated rings. The third-order valence-electron chi connectivity index (χ3n) is 2.94. The third kappa shape index (κ3) is 10.9. The van der Waals surface area contributed by atoms with Crippen LogP contribution in [0.5, 0.6) is 0 Å². The summed E-state index contributed by atoms with van der Waals surface area (Å²) in [5.74, 6) is 0. The van der Waals surface area contributed by atoms with Gasteiger partial charge in [0, 0.05) is 6.55 Å². The van der Waals surface area contributed by atoms with Crippen molar-refractivity contribution in [1.29, 1.82) is 0 Å². The summed E-state index contributed by atoms with van der Waals surface area (Å²) in [5.41, 5.74) is 2.71. The fourth-order valence-corrected chi connectivity index (χ4v) is 2.82. The standard InChI is InChI=1S/C16H33N3O3Si/c1-8-11-14(4)17-20-23(7,21-18-15(5)12-9-2)22-19-16(6)13-10-3/h8-13H2,1-7H3. The number of nitrogens with zero attached hydrogens (tertiary/aromatic N) is 3. The highest BCUT2D eigenvalue weighted by molar-refractivity contribution is 6.59. The molecule has 0 bridgehead atoms. The largest absolute Gasteiger partial charge is 0.759 e. The molecule has 0 heterocycles. The molecule has 23 heavy (non-hydrogen) atoms. The van der Waals surface area contributed by atoms with Gasteiger partial charge in [0.2, 0.25) is 0 Å². The second kappa shape index (κ2) is 12.1. The van der Waals surface area contributed by atoms with Crippen molar-refractivity contribution in [3.8, 4) is 0 Å². The van der Waals surface area contributed by atoms with Crippen LogP contribution in [0.2, 0.25) is 6.55 Å². The molecule has 0 atom stereocenters. The molecule has 0 amide bonds. The van der Waals surface area contributed by atoms with E-state index < -0.39 is 8.80 Å². The predicted molar refractivity (Wildman–Crippen MR) is 98.9 cm³/mol. The van der Waals surface area contributed by atoms with E-state index in [2.05, 4.69) is 36.2 Å². The van der Waals surface area contributed by atoms with E-state index in [1.165, 1.54) is 0 Å². The molecule has 0 N–H and O–H groups in total.